The van der Waals surface area contributed by atoms with Crippen molar-refractivity contribution in [1.82, 2.24) is 0 Å². The molecule has 31 heavy (non-hydrogen) atoms. The third kappa shape index (κ3) is 9.04. The number of hydrogen-bond donors (Lipinski definition) is 0. The molecule has 0 saturated heterocycles. The van der Waals surface area contributed by atoms with E-state index in [1.165, 1.54) is 0 Å². The molecule has 0 fully saturated rings. The van der Waals surface area contributed by atoms with Gasteiger partial charge >= 0.3 is 11.9 Å². The van der Waals surface area contributed by atoms with Crippen LogP contribution in [0.5, 0.6) is 0 Å². The zero-order chi connectivity index (χ0) is 23.6. The van der Waals surface area contributed by atoms with Crippen LogP contribution in [0.3, 0.4) is 0 Å². The van der Waals surface area contributed by atoms with E-state index in [4.69, 9.17) is 9.47 Å². The van der Waals surface area contributed by atoms with E-state index < -0.39 is 11.9 Å². The Kier molecular flexibility index (Phi) is 11.9. The molecular weight excluding hydrogens is 388 g/mol. The van der Waals surface area contributed by atoms with Crippen molar-refractivity contribution in [1.29, 1.82) is 0 Å². The van der Waals surface area contributed by atoms with Gasteiger partial charge in [0.2, 0.25) is 0 Å². The molecule has 4 nitrogen and oxygen atoms in total. The van der Waals surface area contributed by atoms with E-state index in [0.717, 1.165) is 56.1 Å². The van der Waals surface area contributed by atoms with E-state index in [1.54, 1.807) is 6.07 Å². The molecule has 0 aliphatic heterocycles. The smallest absolute Gasteiger partial charge is 0.339 e. The van der Waals surface area contributed by atoms with Crippen LogP contribution in [0.4, 0.5) is 0 Å². The van der Waals surface area contributed by atoms with Crippen molar-refractivity contribution in [3.8, 4) is 0 Å². The summed E-state index contributed by atoms with van der Waals surface area (Å²) in [6.07, 6.45) is 5.70. The predicted octanol–water partition coefficient (Wildman–Crippen LogP) is 7.30. The average molecular weight is 433 g/mol. The van der Waals surface area contributed by atoms with Gasteiger partial charge in [0.25, 0.3) is 0 Å². The van der Waals surface area contributed by atoms with Crippen molar-refractivity contribution in [2.24, 2.45) is 11.8 Å². The Bertz CT molecular complexity index is 705. The van der Waals surface area contributed by atoms with Gasteiger partial charge in [0.1, 0.15) is 12.2 Å². The maximum Gasteiger partial charge on any atom is 0.339 e. The number of rotatable bonds is 13. The van der Waals surface area contributed by atoms with Crippen molar-refractivity contribution >= 4 is 11.9 Å². The van der Waals surface area contributed by atoms with E-state index in [9.17, 15) is 9.59 Å². The number of benzene rings is 1. The van der Waals surface area contributed by atoms with E-state index in [-0.39, 0.29) is 12.2 Å². The van der Waals surface area contributed by atoms with E-state index >= 15 is 0 Å². The summed E-state index contributed by atoms with van der Waals surface area (Å²) >= 11 is 0. The summed E-state index contributed by atoms with van der Waals surface area (Å²) in [5.41, 5.74) is 2.69. The molecule has 0 aromatic heterocycles. The summed E-state index contributed by atoms with van der Waals surface area (Å²) in [5.74, 6) is 0.262. The van der Waals surface area contributed by atoms with E-state index in [0.29, 0.717) is 23.0 Å². The van der Waals surface area contributed by atoms with Crippen LogP contribution < -0.4 is 0 Å². The summed E-state index contributed by atoms with van der Waals surface area (Å²) in [5, 5.41) is 0. The number of aryl methyl sites for hydroxylation is 2. The Balaban J connectivity index is 3.12. The van der Waals surface area contributed by atoms with Crippen LogP contribution in [0, 0.1) is 18.8 Å². The summed E-state index contributed by atoms with van der Waals surface area (Å²) < 4.78 is 11.6. The van der Waals surface area contributed by atoms with Gasteiger partial charge in [0.15, 0.2) is 0 Å². The number of ether oxygens (including phenoxy) is 2. The standard InChI is InChI=1S/C27H44O4/c1-9-21-17-25(27(29)31-23(11-3)15-13-19(6)7)24(16-20(21)8)26(28)30-22(10-2)14-12-18(4)5/h16-19,22-23H,9-15H2,1-8H3. The number of esters is 2. The summed E-state index contributed by atoms with van der Waals surface area (Å²) in [6.45, 7) is 16.7. The summed E-state index contributed by atoms with van der Waals surface area (Å²) in [6, 6.07) is 3.61. The minimum absolute atomic E-state index is 0.139. The van der Waals surface area contributed by atoms with Crippen LogP contribution >= 0.6 is 0 Å². The van der Waals surface area contributed by atoms with Crippen LogP contribution in [-0.4, -0.2) is 24.1 Å². The number of carbonyl (C=O) groups is 2. The van der Waals surface area contributed by atoms with Gasteiger partial charge in [-0.25, -0.2) is 9.59 Å². The minimum atomic E-state index is -0.427. The maximum absolute atomic E-state index is 13.1. The molecule has 0 bridgehead atoms. The maximum atomic E-state index is 13.1. The highest BCUT2D eigenvalue weighted by molar-refractivity contribution is 6.03. The van der Waals surface area contributed by atoms with E-state index in [1.807, 2.05) is 33.8 Å². The highest BCUT2D eigenvalue weighted by Crippen LogP contribution is 2.23. The van der Waals surface area contributed by atoms with Gasteiger partial charge in [-0.3, -0.25) is 0 Å². The molecule has 0 aliphatic rings. The lowest BCUT2D eigenvalue weighted by Crippen LogP contribution is -2.23. The monoisotopic (exact) mass is 432 g/mol. The molecular formula is C27H44O4. The van der Waals surface area contributed by atoms with Gasteiger partial charge in [0, 0.05) is 0 Å². The highest BCUT2D eigenvalue weighted by Gasteiger charge is 2.25. The van der Waals surface area contributed by atoms with Gasteiger partial charge < -0.3 is 9.47 Å². The third-order valence-electron chi connectivity index (χ3n) is 5.89. The van der Waals surface area contributed by atoms with Gasteiger partial charge in [-0.1, -0.05) is 48.5 Å². The second-order valence-electron chi connectivity index (χ2n) is 9.49. The molecule has 0 N–H and O–H groups in total. The lowest BCUT2D eigenvalue weighted by atomic mass is 9.97. The third-order valence-corrected chi connectivity index (χ3v) is 5.89. The molecule has 1 aromatic rings. The van der Waals surface area contributed by atoms with Gasteiger partial charge in [-0.05, 0) is 87.0 Å². The first kappa shape index (κ1) is 27.2. The van der Waals surface area contributed by atoms with Gasteiger partial charge in [0.05, 0.1) is 11.1 Å². The van der Waals surface area contributed by atoms with Crippen molar-refractivity contribution in [3.63, 3.8) is 0 Å². The quantitative estimate of drug-likeness (QED) is 0.307. The second kappa shape index (κ2) is 13.5. The van der Waals surface area contributed by atoms with E-state index in [2.05, 4.69) is 27.7 Å². The lowest BCUT2D eigenvalue weighted by Gasteiger charge is -2.21. The Morgan fingerprint density at radius 3 is 1.52 bits per heavy atom. The van der Waals surface area contributed by atoms with Crippen molar-refractivity contribution in [3.05, 3.63) is 34.4 Å². The molecule has 0 saturated carbocycles. The largest absolute Gasteiger partial charge is 0.459 e. The Labute approximate surface area is 190 Å². The number of hydrogen-bond acceptors (Lipinski definition) is 4. The molecule has 2 unspecified atom stereocenters. The molecule has 0 amide bonds. The first-order valence-corrected chi connectivity index (χ1v) is 12.2. The van der Waals surface area contributed by atoms with Crippen molar-refractivity contribution in [2.45, 2.75) is 113 Å². The molecule has 176 valence electrons. The van der Waals surface area contributed by atoms with Crippen LogP contribution in [0.15, 0.2) is 12.1 Å². The second-order valence-corrected chi connectivity index (χ2v) is 9.49. The fourth-order valence-corrected chi connectivity index (χ4v) is 3.63. The van der Waals surface area contributed by atoms with Gasteiger partial charge in [-0.2, -0.15) is 0 Å². The molecule has 0 aliphatic carbocycles. The van der Waals surface area contributed by atoms with Crippen LogP contribution in [0.25, 0.3) is 0 Å². The highest BCUT2D eigenvalue weighted by atomic mass is 16.5. The zero-order valence-corrected chi connectivity index (χ0v) is 21.0. The van der Waals surface area contributed by atoms with Crippen molar-refractivity contribution < 1.29 is 19.1 Å². The molecule has 0 radical (unpaired) electrons. The summed E-state index contributed by atoms with van der Waals surface area (Å²) in [7, 11) is 0. The molecule has 1 rings (SSSR count). The Morgan fingerprint density at radius 2 is 1.16 bits per heavy atom. The average Bonchev–Trinajstić information content (AvgIpc) is 2.73. The molecule has 1 aromatic carbocycles. The van der Waals surface area contributed by atoms with Crippen LogP contribution in [0.2, 0.25) is 0 Å². The lowest BCUT2D eigenvalue weighted by molar-refractivity contribution is 0.0213. The SMILES string of the molecule is CCc1cc(C(=O)OC(CC)CCC(C)C)c(C(=O)OC(CC)CCC(C)C)cc1C. The zero-order valence-electron chi connectivity index (χ0n) is 21.0. The molecule has 2 atom stereocenters. The van der Waals surface area contributed by atoms with Crippen LogP contribution in [-0.2, 0) is 15.9 Å². The van der Waals surface area contributed by atoms with Crippen molar-refractivity contribution in [2.75, 3.05) is 0 Å². The molecule has 0 heterocycles. The van der Waals surface area contributed by atoms with Gasteiger partial charge in [-0.15, -0.1) is 0 Å². The Hall–Kier alpha value is -1.84. The van der Waals surface area contributed by atoms with Crippen LogP contribution in [0.1, 0.15) is 119 Å². The fraction of sp³-hybridized carbons (Fsp3) is 0.704. The first-order chi connectivity index (χ1) is 14.6. The minimum Gasteiger partial charge on any atom is -0.459 e. The number of carbonyl (C=O) groups excluding carboxylic acids is 2. The molecule has 4 heteroatoms. The summed E-state index contributed by atoms with van der Waals surface area (Å²) in [4.78, 5) is 26.2. The Morgan fingerprint density at radius 1 is 0.742 bits per heavy atom. The predicted molar refractivity (Wildman–Crippen MR) is 128 cm³/mol. The first-order valence-electron chi connectivity index (χ1n) is 12.2. The normalized spacial score (nSPS) is 13.4. The molecule has 0 spiro atoms. The fourth-order valence-electron chi connectivity index (χ4n) is 3.63. The topological polar surface area (TPSA) is 52.6 Å².